The number of carbonyl (C=O) groups excluding carboxylic acids is 1. The molecule has 0 aliphatic carbocycles. The molecule has 1 aromatic rings. The summed E-state index contributed by atoms with van der Waals surface area (Å²) in [5.41, 5.74) is 0.528. The summed E-state index contributed by atoms with van der Waals surface area (Å²) in [6, 6.07) is 3.34. The molecule has 1 unspecified atom stereocenters. The molecule has 5 heteroatoms. The van der Waals surface area contributed by atoms with Gasteiger partial charge >= 0.3 is 0 Å². The molecule has 0 aliphatic heterocycles. The predicted octanol–water partition coefficient (Wildman–Crippen LogP) is 2.41. The van der Waals surface area contributed by atoms with E-state index in [0.717, 1.165) is 6.07 Å². The Morgan fingerprint density at radius 1 is 1.38 bits per heavy atom. The highest BCUT2D eigenvalue weighted by atomic mass is 79.9. The van der Waals surface area contributed by atoms with Crippen molar-refractivity contribution in [2.75, 3.05) is 6.54 Å². The number of nitrogens with one attached hydrogen (secondary N) is 1. The van der Waals surface area contributed by atoms with Crippen molar-refractivity contribution in [2.45, 2.75) is 18.2 Å². The van der Waals surface area contributed by atoms with Crippen LogP contribution in [0.1, 0.15) is 12.5 Å². The van der Waals surface area contributed by atoms with Crippen molar-refractivity contribution >= 4 is 21.8 Å². The zero-order chi connectivity index (χ0) is 12.1. The number of hydrogen-bond acceptors (Lipinski definition) is 1. The van der Waals surface area contributed by atoms with E-state index in [1.807, 2.05) is 0 Å². The van der Waals surface area contributed by atoms with E-state index in [1.165, 1.54) is 12.1 Å². The summed E-state index contributed by atoms with van der Waals surface area (Å²) >= 11 is 3.12. The Hall–Kier alpha value is -0.970. The summed E-state index contributed by atoms with van der Waals surface area (Å²) < 4.78 is 25.6. The van der Waals surface area contributed by atoms with Gasteiger partial charge in [-0.2, -0.15) is 0 Å². The van der Waals surface area contributed by atoms with Gasteiger partial charge in [0.1, 0.15) is 11.6 Å². The van der Waals surface area contributed by atoms with Crippen LogP contribution in [0.25, 0.3) is 0 Å². The van der Waals surface area contributed by atoms with Gasteiger partial charge in [-0.05, 0) is 31.0 Å². The maximum Gasteiger partial charge on any atom is 0.233 e. The van der Waals surface area contributed by atoms with Crippen LogP contribution >= 0.6 is 15.9 Å². The van der Waals surface area contributed by atoms with Crippen molar-refractivity contribution in [3.05, 3.63) is 35.4 Å². The lowest BCUT2D eigenvalue weighted by molar-refractivity contribution is -0.120. The highest BCUT2D eigenvalue weighted by molar-refractivity contribution is 9.10. The van der Waals surface area contributed by atoms with E-state index in [1.54, 1.807) is 6.92 Å². The van der Waals surface area contributed by atoms with Crippen LogP contribution in [0.2, 0.25) is 0 Å². The van der Waals surface area contributed by atoms with Gasteiger partial charge in [0, 0.05) is 12.6 Å². The quantitative estimate of drug-likeness (QED) is 0.848. The summed E-state index contributed by atoms with van der Waals surface area (Å²) in [6.07, 6.45) is 0.403. The van der Waals surface area contributed by atoms with Crippen LogP contribution in [0, 0.1) is 11.6 Å². The van der Waals surface area contributed by atoms with Crippen LogP contribution in [0.4, 0.5) is 8.78 Å². The summed E-state index contributed by atoms with van der Waals surface area (Å²) in [5.74, 6) is -1.35. The fraction of sp³-hybridized carbons (Fsp3) is 0.364. The molecule has 88 valence electrons. The normalized spacial score (nSPS) is 12.2. The van der Waals surface area contributed by atoms with E-state index in [-0.39, 0.29) is 10.7 Å². The molecule has 1 rings (SSSR count). The lowest BCUT2D eigenvalue weighted by Crippen LogP contribution is -2.31. The Kier molecular flexibility index (Phi) is 4.86. The minimum Gasteiger partial charge on any atom is -0.355 e. The Bertz CT molecular complexity index is 362. The van der Waals surface area contributed by atoms with E-state index in [9.17, 15) is 13.6 Å². The highest BCUT2D eigenvalue weighted by Crippen LogP contribution is 2.08. The van der Waals surface area contributed by atoms with Crippen LogP contribution < -0.4 is 5.32 Å². The van der Waals surface area contributed by atoms with Gasteiger partial charge < -0.3 is 5.32 Å². The summed E-state index contributed by atoms with van der Waals surface area (Å²) in [5, 5.41) is 2.64. The van der Waals surface area contributed by atoms with Gasteiger partial charge in [0.2, 0.25) is 5.91 Å². The first-order valence-electron chi connectivity index (χ1n) is 4.86. The Labute approximate surface area is 101 Å². The summed E-state index contributed by atoms with van der Waals surface area (Å²) in [6.45, 7) is 2.06. The summed E-state index contributed by atoms with van der Waals surface area (Å²) in [4.78, 5) is 10.9. The molecule has 0 bridgehead atoms. The molecule has 0 radical (unpaired) electrons. The molecule has 1 amide bonds. The van der Waals surface area contributed by atoms with Gasteiger partial charge in [0.05, 0.1) is 4.83 Å². The van der Waals surface area contributed by atoms with Crippen molar-refractivity contribution in [1.82, 2.24) is 5.32 Å². The van der Waals surface area contributed by atoms with Crippen molar-refractivity contribution < 1.29 is 13.6 Å². The average molecular weight is 292 g/mol. The van der Waals surface area contributed by atoms with Crippen LogP contribution in [0.15, 0.2) is 18.2 Å². The first-order chi connectivity index (χ1) is 7.49. The zero-order valence-corrected chi connectivity index (χ0v) is 10.4. The number of alkyl halides is 1. The molecule has 1 aromatic carbocycles. The second kappa shape index (κ2) is 5.94. The molecule has 1 N–H and O–H groups in total. The number of amides is 1. The molecule has 0 spiro atoms. The molecule has 0 fully saturated rings. The minimum absolute atomic E-state index is 0.142. The Balaban J connectivity index is 2.46. The number of rotatable bonds is 4. The van der Waals surface area contributed by atoms with E-state index < -0.39 is 11.6 Å². The van der Waals surface area contributed by atoms with Gasteiger partial charge in [-0.15, -0.1) is 0 Å². The first-order valence-corrected chi connectivity index (χ1v) is 5.77. The van der Waals surface area contributed by atoms with Gasteiger partial charge in [-0.25, -0.2) is 8.78 Å². The zero-order valence-electron chi connectivity index (χ0n) is 8.77. The average Bonchev–Trinajstić information content (AvgIpc) is 2.15. The molecule has 2 nitrogen and oxygen atoms in total. The maximum absolute atomic E-state index is 12.8. The Morgan fingerprint density at radius 3 is 2.44 bits per heavy atom. The standard InChI is InChI=1S/C11H12BrF2NO/c1-7(12)11(16)15-3-2-8-4-9(13)6-10(14)5-8/h4-7H,2-3H2,1H3,(H,15,16). The maximum atomic E-state index is 12.8. The Morgan fingerprint density at radius 2 is 1.94 bits per heavy atom. The highest BCUT2D eigenvalue weighted by Gasteiger charge is 2.07. The van der Waals surface area contributed by atoms with Gasteiger partial charge in [-0.3, -0.25) is 4.79 Å². The molecule has 0 saturated heterocycles. The second-order valence-corrected chi connectivity index (χ2v) is 4.81. The third kappa shape index (κ3) is 4.26. The van der Waals surface area contributed by atoms with E-state index in [2.05, 4.69) is 21.2 Å². The van der Waals surface area contributed by atoms with Crippen LogP contribution in [0.5, 0.6) is 0 Å². The molecule has 1 atom stereocenters. The summed E-state index contributed by atoms with van der Waals surface area (Å²) in [7, 11) is 0. The number of hydrogen-bond donors (Lipinski definition) is 1. The van der Waals surface area contributed by atoms with Crippen LogP contribution in [-0.4, -0.2) is 17.3 Å². The molecular formula is C11H12BrF2NO. The lowest BCUT2D eigenvalue weighted by Gasteiger charge is -2.06. The van der Waals surface area contributed by atoms with E-state index in [0.29, 0.717) is 18.5 Å². The molecule has 0 heterocycles. The minimum atomic E-state index is -0.602. The first kappa shape index (κ1) is 13.1. The number of carbonyl (C=O) groups is 1. The predicted molar refractivity (Wildman–Crippen MR) is 61.5 cm³/mol. The van der Waals surface area contributed by atoms with E-state index in [4.69, 9.17) is 0 Å². The van der Waals surface area contributed by atoms with Gasteiger partial charge in [0.25, 0.3) is 0 Å². The smallest absolute Gasteiger partial charge is 0.233 e. The lowest BCUT2D eigenvalue weighted by atomic mass is 10.1. The number of halogens is 3. The largest absolute Gasteiger partial charge is 0.355 e. The number of benzene rings is 1. The van der Waals surface area contributed by atoms with Gasteiger partial charge in [0.15, 0.2) is 0 Å². The van der Waals surface area contributed by atoms with Crippen molar-refractivity contribution in [3.8, 4) is 0 Å². The van der Waals surface area contributed by atoms with Gasteiger partial charge in [-0.1, -0.05) is 15.9 Å². The van der Waals surface area contributed by atoms with Crippen LogP contribution in [-0.2, 0) is 11.2 Å². The molecule has 0 aromatic heterocycles. The molecule has 0 aliphatic rings. The van der Waals surface area contributed by atoms with E-state index >= 15 is 0 Å². The topological polar surface area (TPSA) is 29.1 Å². The molecule has 16 heavy (non-hydrogen) atoms. The molecular weight excluding hydrogens is 280 g/mol. The van der Waals surface area contributed by atoms with Crippen LogP contribution in [0.3, 0.4) is 0 Å². The SMILES string of the molecule is CC(Br)C(=O)NCCc1cc(F)cc(F)c1. The third-order valence-electron chi connectivity index (χ3n) is 2.00. The fourth-order valence-electron chi connectivity index (χ4n) is 1.23. The monoisotopic (exact) mass is 291 g/mol. The van der Waals surface area contributed by atoms with Crippen molar-refractivity contribution in [3.63, 3.8) is 0 Å². The fourth-order valence-corrected chi connectivity index (χ4v) is 1.39. The van der Waals surface area contributed by atoms with Crippen molar-refractivity contribution in [1.29, 1.82) is 0 Å². The molecule has 0 saturated carbocycles. The third-order valence-corrected chi connectivity index (χ3v) is 2.41. The second-order valence-electron chi connectivity index (χ2n) is 3.43. The van der Waals surface area contributed by atoms with Crippen molar-refractivity contribution in [2.24, 2.45) is 0 Å².